The van der Waals surface area contributed by atoms with Crippen LogP contribution in [0.4, 0.5) is 0 Å². The van der Waals surface area contributed by atoms with Crippen LogP contribution in [0.5, 0.6) is 5.75 Å². The molecule has 1 aliphatic heterocycles. The monoisotopic (exact) mass is 263 g/mol. The van der Waals surface area contributed by atoms with Crippen molar-refractivity contribution in [3.05, 3.63) is 29.8 Å². The smallest absolute Gasteiger partial charge is 0.120 e. The van der Waals surface area contributed by atoms with Crippen molar-refractivity contribution in [2.75, 3.05) is 6.61 Å². The number of ether oxygens (including phenoxy) is 2. The Hall–Kier alpha value is -1.06. The van der Waals surface area contributed by atoms with E-state index in [9.17, 15) is 0 Å². The molecule has 1 fully saturated rings. The Morgan fingerprint density at radius 3 is 3.00 bits per heavy atom. The lowest BCUT2D eigenvalue weighted by Gasteiger charge is -2.28. The summed E-state index contributed by atoms with van der Waals surface area (Å²) in [7, 11) is 0. The fraction of sp³-hybridized carbons (Fsp3) is 0.625. The van der Waals surface area contributed by atoms with E-state index in [1.54, 1.807) is 0 Å². The molecule has 1 heterocycles. The molecular weight excluding hydrogens is 238 g/mol. The average molecular weight is 263 g/mol. The van der Waals surface area contributed by atoms with E-state index in [1.165, 1.54) is 5.56 Å². The normalized spacial score (nSPS) is 23.6. The molecule has 1 saturated heterocycles. The molecule has 0 amide bonds. The average Bonchev–Trinajstić information content (AvgIpc) is 2.36. The third kappa shape index (κ3) is 4.84. The zero-order chi connectivity index (χ0) is 13.7. The Morgan fingerprint density at radius 1 is 1.42 bits per heavy atom. The van der Waals surface area contributed by atoms with Crippen LogP contribution in [0.2, 0.25) is 0 Å². The Bertz CT molecular complexity index is 392. The summed E-state index contributed by atoms with van der Waals surface area (Å²) in [5.41, 5.74) is 1.28. The number of nitrogens with one attached hydrogen (secondary N) is 1. The summed E-state index contributed by atoms with van der Waals surface area (Å²) in [5, 5.41) is 3.61. The van der Waals surface area contributed by atoms with Crippen LogP contribution in [0.25, 0.3) is 0 Å². The van der Waals surface area contributed by atoms with Gasteiger partial charge in [0.05, 0.1) is 12.2 Å². The van der Waals surface area contributed by atoms with Crippen molar-refractivity contribution in [2.45, 2.75) is 58.4 Å². The molecule has 106 valence electrons. The van der Waals surface area contributed by atoms with E-state index >= 15 is 0 Å². The quantitative estimate of drug-likeness (QED) is 0.885. The molecule has 0 aliphatic carbocycles. The molecule has 0 aromatic heterocycles. The minimum absolute atomic E-state index is 0.222. The molecule has 1 aromatic carbocycles. The van der Waals surface area contributed by atoms with Gasteiger partial charge in [-0.05, 0) is 51.3 Å². The highest BCUT2D eigenvalue weighted by Crippen LogP contribution is 2.17. The summed E-state index contributed by atoms with van der Waals surface area (Å²) in [4.78, 5) is 0. The molecular formula is C16H25NO2. The van der Waals surface area contributed by atoms with E-state index in [2.05, 4.69) is 30.4 Å². The van der Waals surface area contributed by atoms with Gasteiger partial charge >= 0.3 is 0 Å². The summed E-state index contributed by atoms with van der Waals surface area (Å²) in [6, 6.07) is 8.90. The molecule has 1 N–H and O–H groups in total. The molecule has 3 nitrogen and oxygen atoms in total. The maximum atomic E-state index is 5.72. The first-order valence-corrected chi connectivity index (χ1v) is 7.24. The lowest BCUT2D eigenvalue weighted by Crippen LogP contribution is -2.37. The van der Waals surface area contributed by atoms with Crippen molar-refractivity contribution in [1.29, 1.82) is 0 Å². The lowest BCUT2D eigenvalue weighted by atomic mass is 10.0. The van der Waals surface area contributed by atoms with Crippen LogP contribution >= 0.6 is 0 Å². The van der Waals surface area contributed by atoms with Crippen LogP contribution in [0.15, 0.2) is 24.3 Å². The van der Waals surface area contributed by atoms with Crippen molar-refractivity contribution < 1.29 is 9.47 Å². The predicted octanol–water partition coefficient (Wildman–Crippen LogP) is 3.13. The SMILES string of the molecule is CC(C)Oc1cccc(CNC2CCOC(C)C2)c1. The molecule has 19 heavy (non-hydrogen) atoms. The second kappa shape index (κ2) is 6.92. The van der Waals surface area contributed by atoms with Crippen LogP contribution in [-0.2, 0) is 11.3 Å². The molecule has 1 aliphatic rings. The van der Waals surface area contributed by atoms with Gasteiger partial charge in [0, 0.05) is 19.2 Å². The molecule has 0 bridgehead atoms. The fourth-order valence-electron chi connectivity index (χ4n) is 2.45. The Kier molecular flexibility index (Phi) is 5.23. The van der Waals surface area contributed by atoms with E-state index in [0.717, 1.165) is 31.7 Å². The standard InChI is InChI=1S/C16H25NO2/c1-12(2)19-16-6-4-5-14(10-16)11-17-15-7-8-18-13(3)9-15/h4-6,10,12-13,15,17H,7-9,11H2,1-3H3. The van der Waals surface area contributed by atoms with Gasteiger partial charge in [0.25, 0.3) is 0 Å². The van der Waals surface area contributed by atoms with Gasteiger partial charge < -0.3 is 14.8 Å². The first-order valence-electron chi connectivity index (χ1n) is 7.24. The van der Waals surface area contributed by atoms with E-state index in [-0.39, 0.29) is 6.10 Å². The summed E-state index contributed by atoms with van der Waals surface area (Å²) in [6.07, 6.45) is 2.80. The fourth-order valence-corrected chi connectivity index (χ4v) is 2.45. The van der Waals surface area contributed by atoms with Crippen LogP contribution in [0.3, 0.4) is 0 Å². The molecule has 2 atom stereocenters. The molecule has 1 aromatic rings. The minimum atomic E-state index is 0.222. The first kappa shape index (κ1) is 14.4. The van der Waals surface area contributed by atoms with Gasteiger partial charge in [-0.1, -0.05) is 12.1 Å². The summed E-state index contributed by atoms with van der Waals surface area (Å²) in [5.74, 6) is 0.953. The summed E-state index contributed by atoms with van der Waals surface area (Å²) in [6.45, 7) is 8.01. The van der Waals surface area contributed by atoms with Crippen molar-refractivity contribution in [1.82, 2.24) is 5.32 Å². The van der Waals surface area contributed by atoms with Crippen molar-refractivity contribution in [3.8, 4) is 5.75 Å². The second-order valence-corrected chi connectivity index (χ2v) is 5.60. The van der Waals surface area contributed by atoms with Crippen molar-refractivity contribution in [2.24, 2.45) is 0 Å². The van der Waals surface area contributed by atoms with Gasteiger partial charge in [0.2, 0.25) is 0 Å². The molecule has 2 unspecified atom stereocenters. The summed E-state index contributed by atoms with van der Waals surface area (Å²) >= 11 is 0. The molecule has 3 heteroatoms. The Balaban J connectivity index is 1.85. The zero-order valence-electron chi connectivity index (χ0n) is 12.2. The predicted molar refractivity (Wildman–Crippen MR) is 77.5 cm³/mol. The van der Waals surface area contributed by atoms with Crippen LogP contribution in [-0.4, -0.2) is 24.9 Å². The lowest BCUT2D eigenvalue weighted by molar-refractivity contribution is 0.0130. The van der Waals surface area contributed by atoms with Gasteiger partial charge in [0.1, 0.15) is 5.75 Å². The number of hydrogen-bond donors (Lipinski definition) is 1. The van der Waals surface area contributed by atoms with Crippen molar-refractivity contribution >= 4 is 0 Å². The number of hydrogen-bond acceptors (Lipinski definition) is 3. The Morgan fingerprint density at radius 2 is 2.26 bits per heavy atom. The largest absolute Gasteiger partial charge is 0.491 e. The third-order valence-corrected chi connectivity index (χ3v) is 3.35. The molecule has 0 spiro atoms. The maximum Gasteiger partial charge on any atom is 0.120 e. The van der Waals surface area contributed by atoms with E-state index < -0.39 is 0 Å². The van der Waals surface area contributed by atoms with E-state index in [0.29, 0.717) is 12.1 Å². The van der Waals surface area contributed by atoms with Crippen LogP contribution in [0, 0.1) is 0 Å². The molecule has 2 rings (SSSR count). The highest BCUT2D eigenvalue weighted by atomic mass is 16.5. The number of rotatable bonds is 5. The second-order valence-electron chi connectivity index (χ2n) is 5.60. The van der Waals surface area contributed by atoms with Crippen LogP contribution in [0.1, 0.15) is 39.2 Å². The van der Waals surface area contributed by atoms with E-state index in [4.69, 9.17) is 9.47 Å². The first-order chi connectivity index (χ1) is 9.13. The number of benzene rings is 1. The molecule has 0 radical (unpaired) electrons. The highest BCUT2D eigenvalue weighted by Gasteiger charge is 2.18. The van der Waals surface area contributed by atoms with Gasteiger partial charge in [-0.3, -0.25) is 0 Å². The zero-order valence-corrected chi connectivity index (χ0v) is 12.2. The maximum absolute atomic E-state index is 5.72. The van der Waals surface area contributed by atoms with Crippen molar-refractivity contribution in [3.63, 3.8) is 0 Å². The van der Waals surface area contributed by atoms with Gasteiger partial charge in [0.15, 0.2) is 0 Å². The van der Waals surface area contributed by atoms with Gasteiger partial charge in [-0.15, -0.1) is 0 Å². The van der Waals surface area contributed by atoms with Gasteiger partial charge in [-0.2, -0.15) is 0 Å². The van der Waals surface area contributed by atoms with E-state index in [1.807, 2.05) is 19.9 Å². The van der Waals surface area contributed by atoms with Crippen LogP contribution < -0.4 is 10.1 Å². The third-order valence-electron chi connectivity index (χ3n) is 3.35. The Labute approximate surface area is 116 Å². The summed E-state index contributed by atoms with van der Waals surface area (Å²) < 4.78 is 11.3. The topological polar surface area (TPSA) is 30.5 Å². The minimum Gasteiger partial charge on any atom is -0.491 e. The highest BCUT2D eigenvalue weighted by molar-refractivity contribution is 5.28. The molecule has 0 saturated carbocycles. The van der Waals surface area contributed by atoms with Gasteiger partial charge in [-0.25, -0.2) is 0 Å².